The molecular weight excluding hydrogens is 252 g/mol. The molecule has 2 N–H and O–H groups in total. The fourth-order valence-electron chi connectivity index (χ4n) is 2.74. The third-order valence-corrected chi connectivity index (χ3v) is 3.55. The number of hydrogen-bond acceptors (Lipinski definition) is 3. The minimum absolute atomic E-state index is 0.0210. The molecule has 0 aliphatic carbocycles. The number of amides is 1. The molecule has 1 aromatic carbocycles. The van der Waals surface area contributed by atoms with E-state index in [0.29, 0.717) is 30.4 Å². The molecule has 0 saturated carbocycles. The van der Waals surface area contributed by atoms with Crippen LogP contribution in [0.1, 0.15) is 44.0 Å². The summed E-state index contributed by atoms with van der Waals surface area (Å²) in [5, 5.41) is 6.33. The summed E-state index contributed by atoms with van der Waals surface area (Å²) in [7, 11) is 0. The monoisotopic (exact) mass is 276 g/mol. The van der Waals surface area contributed by atoms with Crippen molar-refractivity contribution in [3.05, 3.63) is 29.8 Å². The average Bonchev–Trinajstić information content (AvgIpc) is 2.38. The largest absolute Gasteiger partial charge is 0.382 e. The number of benzene rings is 1. The molecule has 1 aliphatic rings. The van der Waals surface area contributed by atoms with Gasteiger partial charge in [0.05, 0.1) is 12.2 Å². The van der Waals surface area contributed by atoms with E-state index in [1.807, 2.05) is 31.2 Å². The van der Waals surface area contributed by atoms with Crippen LogP contribution in [0.4, 0.5) is 5.69 Å². The van der Waals surface area contributed by atoms with Gasteiger partial charge >= 0.3 is 0 Å². The summed E-state index contributed by atoms with van der Waals surface area (Å²) in [6, 6.07) is 8.09. The van der Waals surface area contributed by atoms with Crippen LogP contribution in [0.2, 0.25) is 0 Å². The van der Waals surface area contributed by atoms with Crippen molar-refractivity contribution < 1.29 is 9.53 Å². The minimum Gasteiger partial charge on any atom is -0.382 e. The van der Waals surface area contributed by atoms with Crippen molar-refractivity contribution in [1.29, 1.82) is 0 Å². The summed E-state index contributed by atoms with van der Waals surface area (Å²) in [6.07, 6.45) is 2.63. The van der Waals surface area contributed by atoms with E-state index in [9.17, 15) is 4.79 Å². The molecule has 2 atom stereocenters. The van der Waals surface area contributed by atoms with E-state index in [0.717, 1.165) is 18.5 Å². The van der Waals surface area contributed by atoms with Crippen LogP contribution in [0.25, 0.3) is 0 Å². The first kappa shape index (κ1) is 14.9. The van der Waals surface area contributed by atoms with Gasteiger partial charge < -0.3 is 15.4 Å². The van der Waals surface area contributed by atoms with Crippen molar-refractivity contribution in [2.75, 3.05) is 11.9 Å². The van der Waals surface area contributed by atoms with Crippen LogP contribution in [0.5, 0.6) is 0 Å². The molecule has 20 heavy (non-hydrogen) atoms. The highest BCUT2D eigenvalue weighted by Crippen LogP contribution is 2.22. The van der Waals surface area contributed by atoms with Crippen LogP contribution in [-0.4, -0.2) is 30.7 Å². The topological polar surface area (TPSA) is 50.4 Å². The van der Waals surface area contributed by atoms with E-state index in [1.165, 1.54) is 0 Å². The lowest BCUT2D eigenvalue weighted by Gasteiger charge is -2.33. The molecule has 0 aromatic heterocycles. The zero-order chi connectivity index (χ0) is 14.5. The van der Waals surface area contributed by atoms with Crippen LogP contribution in [0, 0.1) is 0 Å². The number of ether oxygens (including phenoxy) is 1. The highest BCUT2D eigenvalue weighted by atomic mass is 16.5. The molecule has 1 saturated heterocycles. The summed E-state index contributed by atoms with van der Waals surface area (Å²) in [5.41, 5.74) is 1.76. The lowest BCUT2D eigenvalue weighted by molar-refractivity contribution is -0.0337. The maximum absolute atomic E-state index is 11.7. The van der Waals surface area contributed by atoms with E-state index < -0.39 is 0 Å². The van der Waals surface area contributed by atoms with Crippen LogP contribution < -0.4 is 10.6 Å². The van der Waals surface area contributed by atoms with Crippen molar-refractivity contribution in [2.24, 2.45) is 0 Å². The van der Waals surface area contributed by atoms with Gasteiger partial charge in [-0.2, -0.15) is 0 Å². The van der Waals surface area contributed by atoms with Gasteiger partial charge in [0, 0.05) is 23.8 Å². The van der Waals surface area contributed by atoms with Gasteiger partial charge in [-0.25, -0.2) is 0 Å². The number of carbonyl (C=O) groups is 1. The number of hydrogen-bond donors (Lipinski definition) is 2. The maximum Gasteiger partial charge on any atom is 0.251 e. The molecule has 1 aromatic rings. The van der Waals surface area contributed by atoms with Gasteiger partial charge in [0.1, 0.15) is 0 Å². The highest BCUT2D eigenvalue weighted by molar-refractivity contribution is 5.94. The van der Waals surface area contributed by atoms with Crippen molar-refractivity contribution >= 4 is 11.6 Å². The van der Waals surface area contributed by atoms with E-state index in [4.69, 9.17) is 4.74 Å². The van der Waals surface area contributed by atoms with Gasteiger partial charge in [-0.3, -0.25) is 4.79 Å². The van der Waals surface area contributed by atoms with Gasteiger partial charge in [-0.15, -0.1) is 0 Å². The molecule has 1 amide bonds. The molecule has 4 heteroatoms. The Labute approximate surface area is 120 Å². The fourth-order valence-corrected chi connectivity index (χ4v) is 2.74. The molecule has 110 valence electrons. The Morgan fingerprint density at radius 3 is 2.35 bits per heavy atom. The Morgan fingerprint density at radius 1 is 1.20 bits per heavy atom. The van der Waals surface area contributed by atoms with Crippen molar-refractivity contribution in [1.82, 2.24) is 5.32 Å². The number of anilines is 1. The summed E-state index contributed by atoms with van der Waals surface area (Å²) in [4.78, 5) is 11.7. The Kier molecular flexibility index (Phi) is 5.01. The quantitative estimate of drug-likeness (QED) is 0.889. The predicted molar refractivity (Wildman–Crippen MR) is 81.1 cm³/mol. The fraction of sp³-hybridized carbons (Fsp3) is 0.562. The van der Waals surface area contributed by atoms with Crippen LogP contribution in [0.15, 0.2) is 24.3 Å². The van der Waals surface area contributed by atoms with Crippen molar-refractivity contribution in [3.63, 3.8) is 0 Å². The van der Waals surface area contributed by atoms with Crippen LogP contribution in [-0.2, 0) is 4.74 Å². The predicted octanol–water partition coefficient (Wildman–Crippen LogP) is 2.80. The van der Waals surface area contributed by atoms with Gasteiger partial charge in [0.25, 0.3) is 5.91 Å². The van der Waals surface area contributed by atoms with E-state index >= 15 is 0 Å². The normalized spacial score (nSPS) is 26.1. The van der Waals surface area contributed by atoms with Crippen LogP contribution >= 0.6 is 0 Å². The third-order valence-electron chi connectivity index (χ3n) is 3.55. The van der Waals surface area contributed by atoms with E-state index in [2.05, 4.69) is 24.5 Å². The van der Waals surface area contributed by atoms with Gasteiger partial charge in [0.2, 0.25) is 0 Å². The Bertz CT molecular complexity index is 434. The summed E-state index contributed by atoms with van der Waals surface area (Å²) in [5.74, 6) is -0.0210. The smallest absolute Gasteiger partial charge is 0.251 e. The zero-order valence-electron chi connectivity index (χ0n) is 12.5. The number of nitrogens with one attached hydrogen (secondary N) is 2. The Hall–Kier alpha value is -1.55. The van der Waals surface area contributed by atoms with E-state index in [1.54, 1.807) is 0 Å². The standard InChI is InChI=1S/C16H24N2O2/c1-4-17-16(19)13-5-7-14(8-6-13)18-15-9-11(2)20-12(3)10-15/h5-8,11-12,15,18H,4,9-10H2,1-3H3,(H,17,19). The second-order valence-corrected chi connectivity index (χ2v) is 5.51. The second-order valence-electron chi connectivity index (χ2n) is 5.51. The number of rotatable bonds is 4. The molecule has 0 bridgehead atoms. The lowest BCUT2D eigenvalue weighted by Crippen LogP contribution is -2.36. The zero-order valence-corrected chi connectivity index (χ0v) is 12.5. The van der Waals surface area contributed by atoms with E-state index in [-0.39, 0.29) is 5.91 Å². The first-order chi connectivity index (χ1) is 9.58. The van der Waals surface area contributed by atoms with Crippen LogP contribution in [0.3, 0.4) is 0 Å². The molecular formula is C16H24N2O2. The van der Waals surface area contributed by atoms with Crippen molar-refractivity contribution in [2.45, 2.75) is 51.9 Å². The Morgan fingerprint density at radius 2 is 1.80 bits per heavy atom. The molecule has 0 spiro atoms. The molecule has 2 unspecified atom stereocenters. The molecule has 0 radical (unpaired) electrons. The molecule has 1 fully saturated rings. The summed E-state index contributed by atoms with van der Waals surface area (Å²) >= 11 is 0. The highest BCUT2D eigenvalue weighted by Gasteiger charge is 2.24. The average molecular weight is 276 g/mol. The van der Waals surface area contributed by atoms with Gasteiger partial charge in [-0.1, -0.05) is 0 Å². The molecule has 1 aliphatic heterocycles. The lowest BCUT2D eigenvalue weighted by atomic mass is 9.99. The van der Waals surface area contributed by atoms with Crippen molar-refractivity contribution in [3.8, 4) is 0 Å². The SMILES string of the molecule is CCNC(=O)c1ccc(NC2CC(C)OC(C)C2)cc1. The van der Waals surface area contributed by atoms with Gasteiger partial charge in [-0.05, 0) is 57.9 Å². The minimum atomic E-state index is -0.0210. The second kappa shape index (κ2) is 6.75. The number of carbonyl (C=O) groups excluding carboxylic acids is 1. The third kappa shape index (κ3) is 3.97. The molecule has 1 heterocycles. The first-order valence-electron chi connectivity index (χ1n) is 7.38. The Balaban J connectivity index is 1.95. The first-order valence-corrected chi connectivity index (χ1v) is 7.38. The summed E-state index contributed by atoms with van der Waals surface area (Å²) in [6.45, 7) is 6.79. The van der Waals surface area contributed by atoms with Gasteiger partial charge in [0.15, 0.2) is 0 Å². The molecule has 2 rings (SSSR count). The summed E-state index contributed by atoms with van der Waals surface area (Å²) < 4.78 is 5.74. The molecule has 4 nitrogen and oxygen atoms in total. The maximum atomic E-state index is 11.7.